The normalized spacial score (nSPS) is 24.9. The highest BCUT2D eigenvalue weighted by atomic mass is 19.4. The Hall–Kier alpha value is -1.14. The highest BCUT2D eigenvalue weighted by Gasteiger charge is 2.56. The molecule has 1 atom stereocenters. The van der Waals surface area contributed by atoms with E-state index in [1.807, 2.05) is 0 Å². The summed E-state index contributed by atoms with van der Waals surface area (Å²) < 4.78 is 51.1. The van der Waals surface area contributed by atoms with E-state index < -0.39 is 24.1 Å². The molecule has 1 heterocycles. The number of aliphatic hydroxyl groups is 1. The van der Waals surface area contributed by atoms with Gasteiger partial charge in [0.2, 0.25) is 0 Å². The van der Waals surface area contributed by atoms with Crippen molar-refractivity contribution < 1.29 is 22.7 Å². The maximum atomic E-state index is 13.1. The Bertz CT molecular complexity index is 474. The first kappa shape index (κ1) is 14.3. The van der Waals surface area contributed by atoms with Gasteiger partial charge in [0.25, 0.3) is 0 Å². The van der Waals surface area contributed by atoms with E-state index in [0.717, 1.165) is 5.56 Å². The molecule has 0 radical (unpaired) electrons. The van der Waals surface area contributed by atoms with Gasteiger partial charge in [-0.3, -0.25) is 4.90 Å². The lowest BCUT2D eigenvalue weighted by atomic mass is 10.0. The minimum Gasteiger partial charge on any atom is -0.379 e. The number of likely N-dealkylation sites (tertiary alicyclic amines) is 1. The minimum atomic E-state index is -4.63. The van der Waals surface area contributed by atoms with Crippen LogP contribution in [0, 0.1) is 12.7 Å². The third-order valence-electron chi connectivity index (χ3n) is 3.56. The molecule has 106 valence electrons. The van der Waals surface area contributed by atoms with Crippen LogP contribution in [0.15, 0.2) is 18.2 Å². The van der Waals surface area contributed by atoms with Crippen LogP contribution < -0.4 is 0 Å². The molecule has 0 aliphatic carbocycles. The molecule has 0 bridgehead atoms. The van der Waals surface area contributed by atoms with E-state index in [9.17, 15) is 22.7 Å². The van der Waals surface area contributed by atoms with Crippen LogP contribution in [-0.4, -0.2) is 34.9 Å². The molecule has 2 rings (SSSR count). The summed E-state index contributed by atoms with van der Waals surface area (Å²) in [5.74, 6) is -0.411. The van der Waals surface area contributed by atoms with Gasteiger partial charge in [-0.05, 0) is 36.6 Å². The van der Waals surface area contributed by atoms with E-state index in [0.29, 0.717) is 5.56 Å². The number of β-amino-alcohol motifs (C(OH)–C–C–N with tert-alkyl or cyclic N) is 1. The topological polar surface area (TPSA) is 23.5 Å². The summed E-state index contributed by atoms with van der Waals surface area (Å²) in [5.41, 5.74) is -1.18. The number of alkyl halides is 3. The second kappa shape index (κ2) is 4.76. The molecule has 19 heavy (non-hydrogen) atoms. The third kappa shape index (κ3) is 2.90. The molecule has 0 aromatic heterocycles. The molecule has 6 heteroatoms. The van der Waals surface area contributed by atoms with Crippen LogP contribution in [0.25, 0.3) is 0 Å². The van der Waals surface area contributed by atoms with Crippen molar-refractivity contribution >= 4 is 0 Å². The minimum absolute atomic E-state index is 0.145. The molecule has 1 fully saturated rings. The van der Waals surface area contributed by atoms with Gasteiger partial charge in [-0.2, -0.15) is 13.2 Å². The lowest BCUT2D eigenvalue weighted by Gasteiger charge is -2.26. The van der Waals surface area contributed by atoms with Crippen LogP contribution in [0.5, 0.6) is 0 Å². The van der Waals surface area contributed by atoms with Crippen LogP contribution in [0.2, 0.25) is 0 Å². The molecule has 0 saturated carbocycles. The highest BCUT2D eigenvalue weighted by molar-refractivity contribution is 5.26. The summed E-state index contributed by atoms with van der Waals surface area (Å²) in [4.78, 5) is 1.50. The van der Waals surface area contributed by atoms with Gasteiger partial charge in [0.05, 0.1) is 0 Å². The fraction of sp³-hybridized carbons (Fsp3) is 0.538. The Kier molecular flexibility index (Phi) is 3.57. The molecule has 1 aromatic rings. The molecule has 2 nitrogen and oxygen atoms in total. The van der Waals surface area contributed by atoms with Gasteiger partial charge in [0, 0.05) is 19.6 Å². The van der Waals surface area contributed by atoms with Crippen LogP contribution in [-0.2, 0) is 6.54 Å². The first-order valence-corrected chi connectivity index (χ1v) is 5.98. The zero-order chi connectivity index (χ0) is 14.3. The lowest BCUT2D eigenvalue weighted by molar-refractivity contribution is -0.254. The van der Waals surface area contributed by atoms with Crippen LogP contribution in [0.4, 0.5) is 17.6 Å². The number of nitrogens with zero attached hydrogens (tertiary/aromatic N) is 1. The number of rotatable bonds is 2. The molecule has 1 aliphatic rings. The molecule has 1 N–H and O–H groups in total. The van der Waals surface area contributed by atoms with Crippen molar-refractivity contribution in [2.75, 3.05) is 13.1 Å². The summed E-state index contributed by atoms with van der Waals surface area (Å²) in [6, 6.07) is 4.23. The first-order chi connectivity index (χ1) is 8.71. The number of aryl methyl sites for hydroxylation is 1. The maximum Gasteiger partial charge on any atom is 0.418 e. The fourth-order valence-corrected chi connectivity index (χ4v) is 2.29. The molecule has 1 aliphatic heterocycles. The highest BCUT2D eigenvalue weighted by Crippen LogP contribution is 2.38. The van der Waals surface area contributed by atoms with Gasteiger partial charge in [0.1, 0.15) is 5.82 Å². The molecular weight excluding hydrogens is 262 g/mol. The van der Waals surface area contributed by atoms with Gasteiger partial charge in [-0.1, -0.05) is 6.07 Å². The number of benzene rings is 1. The van der Waals surface area contributed by atoms with E-state index >= 15 is 0 Å². The average Bonchev–Trinajstić information content (AvgIpc) is 2.66. The van der Waals surface area contributed by atoms with Gasteiger partial charge >= 0.3 is 6.18 Å². The van der Waals surface area contributed by atoms with Crippen molar-refractivity contribution in [3.05, 3.63) is 35.1 Å². The summed E-state index contributed by atoms with van der Waals surface area (Å²) in [6.45, 7) is 1.67. The van der Waals surface area contributed by atoms with Gasteiger partial charge in [-0.25, -0.2) is 4.39 Å². The van der Waals surface area contributed by atoms with Crippen molar-refractivity contribution in [3.63, 3.8) is 0 Å². The van der Waals surface area contributed by atoms with Gasteiger partial charge < -0.3 is 5.11 Å². The van der Waals surface area contributed by atoms with E-state index in [1.165, 1.54) is 17.0 Å². The van der Waals surface area contributed by atoms with Crippen molar-refractivity contribution in [3.8, 4) is 0 Å². The molecular formula is C13H15F4NO. The second-order valence-electron chi connectivity index (χ2n) is 5.06. The van der Waals surface area contributed by atoms with Crippen LogP contribution in [0.3, 0.4) is 0 Å². The maximum absolute atomic E-state index is 13.1. The average molecular weight is 277 g/mol. The summed E-state index contributed by atoms with van der Waals surface area (Å²) >= 11 is 0. The monoisotopic (exact) mass is 277 g/mol. The molecule has 1 unspecified atom stereocenters. The lowest BCUT2D eigenvalue weighted by Crippen LogP contribution is -2.47. The van der Waals surface area contributed by atoms with Crippen molar-refractivity contribution in [1.29, 1.82) is 0 Å². The fourth-order valence-electron chi connectivity index (χ4n) is 2.29. The van der Waals surface area contributed by atoms with Crippen LogP contribution in [0.1, 0.15) is 17.5 Å². The zero-order valence-electron chi connectivity index (χ0n) is 10.5. The number of hydrogen-bond acceptors (Lipinski definition) is 2. The predicted molar refractivity (Wildman–Crippen MR) is 62.0 cm³/mol. The van der Waals surface area contributed by atoms with E-state index in [2.05, 4.69) is 0 Å². The largest absolute Gasteiger partial charge is 0.418 e. The smallest absolute Gasteiger partial charge is 0.379 e. The SMILES string of the molecule is Cc1ccc(F)cc1CN1CCC(O)(C(F)(F)F)C1. The summed E-state index contributed by atoms with van der Waals surface area (Å²) in [6.07, 6.45) is -4.97. The second-order valence-corrected chi connectivity index (χ2v) is 5.06. The predicted octanol–water partition coefficient (Wildman–Crippen LogP) is 2.63. The van der Waals surface area contributed by atoms with E-state index in [-0.39, 0.29) is 19.5 Å². The van der Waals surface area contributed by atoms with Crippen LogP contribution >= 0.6 is 0 Å². The van der Waals surface area contributed by atoms with Gasteiger partial charge in [-0.15, -0.1) is 0 Å². The Morgan fingerprint density at radius 3 is 2.63 bits per heavy atom. The Labute approximate surface area is 108 Å². The van der Waals surface area contributed by atoms with Crippen molar-refractivity contribution in [1.82, 2.24) is 4.90 Å². The molecule has 0 amide bonds. The van der Waals surface area contributed by atoms with Gasteiger partial charge in [0.15, 0.2) is 5.60 Å². The number of halogens is 4. The zero-order valence-corrected chi connectivity index (χ0v) is 10.5. The Morgan fingerprint density at radius 1 is 1.37 bits per heavy atom. The van der Waals surface area contributed by atoms with E-state index in [4.69, 9.17) is 0 Å². The van der Waals surface area contributed by atoms with E-state index in [1.54, 1.807) is 13.0 Å². The van der Waals surface area contributed by atoms with Crippen molar-refractivity contribution in [2.24, 2.45) is 0 Å². The Balaban J connectivity index is 2.09. The summed E-state index contributed by atoms with van der Waals surface area (Å²) in [7, 11) is 0. The summed E-state index contributed by atoms with van der Waals surface area (Å²) in [5, 5.41) is 9.56. The quantitative estimate of drug-likeness (QED) is 0.840. The number of hydrogen-bond donors (Lipinski definition) is 1. The van der Waals surface area contributed by atoms with Crippen molar-refractivity contribution in [2.45, 2.75) is 31.7 Å². The molecule has 0 spiro atoms. The Morgan fingerprint density at radius 2 is 2.05 bits per heavy atom. The molecule has 1 aromatic carbocycles. The standard InChI is InChI=1S/C13H15F4NO/c1-9-2-3-11(14)6-10(9)7-18-5-4-12(19,8-18)13(15,16)17/h2-3,6,19H,4-5,7-8H2,1H3. The molecule has 1 saturated heterocycles. The third-order valence-corrected chi connectivity index (χ3v) is 3.56. The first-order valence-electron chi connectivity index (χ1n) is 5.98.